The van der Waals surface area contributed by atoms with E-state index in [4.69, 9.17) is 0 Å². The molecule has 6 heteroatoms. The molecule has 12 heavy (non-hydrogen) atoms. The fourth-order valence-corrected chi connectivity index (χ4v) is 1.03. The van der Waals surface area contributed by atoms with Gasteiger partial charge in [-0.25, -0.2) is 4.39 Å². The summed E-state index contributed by atoms with van der Waals surface area (Å²) < 4.78 is 61.0. The summed E-state index contributed by atoms with van der Waals surface area (Å²) in [5.41, 5.74) is 0. The Hall–Kier alpha value is -0.390. The highest BCUT2D eigenvalue weighted by Crippen LogP contribution is 2.46. The first-order chi connectivity index (χ1) is 5.29. The van der Waals surface area contributed by atoms with Crippen LogP contribution in [0.2, 0.25) is 0 Å². The predicted molar refractivity (Wildman–Crippen MR) is 36.1 cm³/mol. The van der Waals surface area contributed by atoms with Crippen molar-refractivity contribution in [3.05, 3.63) is 22.5 Å². The van der Waals surface area contributed by atoms with Gasteiger partial charge in [-0.2, -0.15) is 17.6 Å². The largest absolute Gasteiger partial charge is 0.365 e. The average Bonchev–Trinajstić information content (AvgIpc) is 1.96. The molecule has 0 bridgehead atoms. The lowest BCUT2D eigenvalue weighted by Gasteiger charge is -2.25. The fourth-order valence-electron chi connectivity index (χ4n) is 0.652. The van der Waals surface area contributed by atoms with Gasteiger partial charge >= 0.3 is 11.8 Å². The van der Waals surface area contributed by atoms with Crippen LogP contribution in [0.4, 0.5) is 22.0 Å². The highest BCUT2D eigenvalue weighted by molar-refractivity contribution is 9.11. The van der Waals surface area contributed by atoms with Crippen LogP contribution in [-0.4, -0.2) is 11.8 Å². The Morgan fingerprint density at radius 1 is 1.17 bits per heavy atom. The van der Waals surface area contributed by atoms with Crippen LogP contribution in [0.15, 0.2) is 22.5 Å². The van der Waals surface area contributed by atoms with E-state index in [2.05, 4.69) is 15.9 Å². The molecule has 0 saturated carbocycles. The molecule has 1 aliphatic rings. The zero-order valence-electron chi connectivity index (χ0n) is 5.42. The summed E-state index contributed by atoms with van der Waals surface area (Å²) in [4.78, 5) is 0. The number of alkyl halides is 4. The van der Waals surface area contributed by atoms with Crippen molar-refractivity contribution in [1.29, 1.82) is 0 Å². The highest BCUT2D eigenvalue weighted by Gasteiger charge is 2.60. The summed E-state index contributed by atoms with van der Waals surface area (Å²) in [5.74, 6) is -11.3. The minimum atomic E-state index is -4.75. The topological polar surface area (TPSA) is 0 Å². The molecule has 0 unspecified atom stereocenters. The minimum absolute atomic E-state index is 0.0415. The molecule has 0 aromatic rings. The van der Waals surface area contributed by atoms with Crippen molar-refractivity contribution in [2.45, 2.75) is 11.8 Å². The van der Waals surface area contributed by atoms with Crippen molar-refractivity contribution in [1.82, 2.24) is 0 Å². The Bertz CT molecular complexity index is 265. The third-order valence-electron chi connectivity index (χ3n) is 1.34. The van der Waals surface area contributed by atoms with Crippen LogP contribution in [0, 0.1) is 0 Å². The maximum atomic E-state index is 12.4. The van der Waals surface area contributed by atoms with E-state index in [0.29, 0.717) is 6.08 Å². The van der Waals surface area contributed by atoms with Crippen LogP contribution in [0.5, 0.6) is 0 Å². The molecular formula is C6H2BrF5. The smallest absolute Gasteiger partial charge is 0.204 e. The quantitative estimate of drug-likeness (QED) is 0.577. The fraction of sp³-hybridized carbons (Fsp3) is 0.333. The average molecular weight is 249 g/mol. The van der Waals surface area contributed by atoms with Crippen molar-refractivity contribution < 1.29 is 22.0 Å². The normalized spacial score (nSPS) is 26.2. The van der Waals surface area contributed by atoms with E-state index in [1.54, 1.807) is 0 Å². The Morgan fingerprint density at radius 2 is 1.67 bits per heavy atom. The molecule has 0 atom stereocenters. The Balaban J connectivity index is 3.21. The number of hydrogen-bond acceptors (Lipinski definition) is 0. The Labute approximate surface area is 72.9 Å². The van der Waals surface area contributed by atoms with Crippen LogP contribution >= 0.6 is 15.9 Å². The maximum absolute atomic E-state index is 12.4. The van der Waals surface area contributed by atoms with Crippen LogP contribution in [0.3, 0.4) is 0 Å². The molecule has 0 aliphatic heterocycles. The van der Waals surface area contributed by atoms with E-state index in [9.17, 15) is 22.0 Å². The van der Waals surface area contributed by atoms with Gasteiger partial charge in [-0.05, 0) is 28.1 Å². The zero-order valence-corrected chi connectivity index (χ0v) is 7.01. The van der Waals surface area contributed by atoms with Crippen molar-refractivity contribution >= 4 is 15.9 Å². The van der Waals surface area contributed by atoms with Gasteiger partial charge in [0, 0.05) is 0 Å². The van der Waals surface area contributed by atoms with Gasteiger partial charge in [0.2, 0.25) is 0 Å². The first-order valence-electron chi connectivity index (χ1n) is 2.79. The molecule has 0 aromatic carbocycles. The lowest BCUT2D eigenvalue weighted by Crippen LogP contribution is -2.41. The number of allylic oxidation sites excluding steroid dienone is 4. The molecule has 0 fully saturated rings. The number of halogens is 6. The predicted octanol–water partition coefficient (Wildman–Crippen LogP) is 3.40. The first-order valence-corrected chi connectivity index (χ1v) is 3.59. The second-order valence-corrected chi connectivity index (χ2v) is 3.05. The van der Waals surface area contributed by atoms with Gasteiger partial charge in [0.05, 0.1) is 4.48 Å². The van der Waals surface area contributed by atoms with Crippen molar-refractivity contribution in [3.8, 4) is 0 Å². The molecule has 0 amide bonds. The van der Waals surface area contributed by atoms with Gasteiger partial charge < -0.3 is 0 Å². The van der Waals surface area contributed by atoms with Gasteiger partial charge in [0.15, 0.2) is 5.83 Å². The summed E-state index contributed by atoms with van der Waals surface area (Å²) in [5, 5.41) is 0. The summed E-state index contributed by atoms with van der Waals surface area (Å²) in [6.45, 7) is 0. The second kappa shape index (κ2) is 2.55. The van der Waals surface area contributed by atoms with Gasteiger partial charge in [-0.15, -0.1) is 0 Å². The minimum Gasteiger partial charge on any atom is -0.204 e. The lowest BCUT2D eigenvalue weighted by molar-refractivity contribution is -0.166. The van der Waals surface area contributed by atoms with E-state index in [1.165, 1.54) is 0 Å². The third-order valence-corrected chi connectivity index (χ3v) is 1.96. The molecule has 1 aliphatic carbocycles. The summed E-state index contributed by atoms with van der Waals surface area (Å²) in [6, 6.07) is 0. The monoisotopic (exact) mass is 248 g/mol. The van der Waals surface area contributed by atoms with Gasteiger partial charge in [0.25, 0.3) is 0 Å². The van der Waals surface area contributed by atoms with Crippen molar-refractivity contribution in [2.24, 2.45) is 0 Å². The molecule has 0 nitrogen and oxygen atoms in total. The maximum Gasteiger partial charge on any atom is 0.365 e. The van der Waals surface area contributed by atoms with Gasteiger partial charge in [-0.1, -0.05) is 0 Å². The molecule has 0 aromatic heterocycles. The molecule has 0 saturated heterocycles. The summed E-state index contributed by atoms with van der Waals surface area (Å²) >= 11 is 2.39. The SMILES string of the molecule is FC1=C(Br)C=CC(F)(F)C1(F)F. The van der Waals surface area contributed by atoms with Gasteiger partial charge in [-0.3, -0.25) is 0 Å². The molecule has 0 radical (unpaired) electrons. The van der Waals surface area contributed by atoms with Crippen molar-refractivity contribution in [2.75, 3.05) is 0 Å². The summed E-state index contributed by atoms with van der Waals surface area (Å²) in [6.07, 6.45) is 0.521. The van der Waals surface area contributed by atoms with Crippen LogP contribution in [0.25, 0.3) is 0 Å². The zero-order chi connectivity index (χ0) is 9.57. The molecule has 68 valence electrons. The Kier molecular flexibility index (Phi) is 2.06. The van der Waals surface area contributed by atoms with E-state index >= 15 is 0 Å². The van der Waals surface area contributed by atoms with E-state index in [1.807, 2.05) is 0 Å². The van der Waals surface area contributed by atoms with Crippen molar-refractivity contribution in [3.63, 3.8) is 0 Å². The molecule has 0 N–H and O–H groups in total. The third kappa shape index (κ3) is 1.18. The second-order valence-electron chi connectivity index (χ2n) is 2.19. The van der Waals surface area contributed by atoms with Crippen LogP contribution < -0.4 is 0 Å². The molecule has 1 rings (SSSR count). The van der Waals surface area contributed by atoms with Gasteiger partial charge in [0.1, 0.15) is 0 Å². The molecule has 0 spiro atoms. The number of hydrogen-bond donors (Lipinski definition) is 0. The van der Waals surface area contributed by atoms with E-state index < -0.39 is 22.2 Å². The lowest BCUT2D eigenvalue weighted by atomic mass is 10.1. The highest BCUT2D eigenvalue weighted by atomic mass is 79.9. The molecule has 0 heterocycles. The Morgan fingerprint density at radius 3 is 2.08 bits per heavy atom. The first kappa shape index (κ1) is 9.70. The standard InChI is InChI=1S/C6H2BrF5/c7-3-1-2-5(9,10)6(11,12)4(3)8/h1-2H. The summed E-state index contributed by atoms with van der Waals surface area (Å²) in [7, 11) is 0. The van der Waals surface area contributed by atoms with E-state index in [0.717, 1.165) is 0 Å². The molecular weight excluding hydrogens is 247 g/mol. The van der Waals surface area contributed by atoms with Crippen LogP contribution in [0.1, 0.15) is 0 Å². The number of rotatable bonds is 0. The van der Waals surface area contributed by atoms with E-state index in [-0.39, 0.29) is 6.08 Å². The van der Waals surface area contributed by atoms with Crippen LogP contribution in [-0.2, 0) is 0 Å².